The standard InChI is InChI=1S/C32H43NO6S/c1-6-8-10-12-13-24(3)19-30(34)38-28-20-27(14-11-9-7-2)39-32(21-28,37-5)29-23-40-31(35)33(29)22-25-15-17-26(36-4)18-16-25/h6-8,10,15-19,27-29H,1-2,9,11-14,20-23H2,3-5H3. The number of amides is 1. The van der Waals surface area contributed by atoms with Gasteiger partial charge in [-0.05, 0) is 56.7 Å². The Morgan fingerprint density at radius 2 is 2.00 bits per heavy atom. The van der Waals surface area contributed by atoms with Crippen LogP contribution in [-0.4, -0.2) is 60.1 Å². The van der Waals surface area contributed by atoms with Crippen LogP contribution in [0.1, 0.15) is 57.4 Å². The van der Waals surface area contributed by atoms with Gasteiger partial charge in [0.2, 0.25) is 0 Å². The van der Waals surface area contributed by atoms with Gasteiger partial charge in [0.1, 0.15) is 11.9 Å². The van der Waals surface area contributed by atoms with Crippen molar-refractivity contribution in [1.82, 2.24) is 4.90 Å². The van der Waals surface area contributed by atoms with Crippen LogP contribution in [0.15, 0.2) is 73.4 Å². The first-order valence-corrected chi connectivity index (χ1v) is 14.9. The fourth-order valence-corrected chi connectivity index (χ4v) is 6.29. The van der Waals surface area contributed by atoms with Gasteiger partial charge in [0.15, 0.2) is 5.79 Å². The summed E-state index contributed by atoms with van der Waals surface area (Å²) in [7, 11) is 3.24. The fourth-order valence-electron chi connectivity index (χ4n) is 5.20. The number of nitrogens with zero attached hydrogens (tertiary/aromatic N) is 1. The molecule has 1 aromatic rings. The molecule has 3 rings (SSSR count). The molecule has 2 saturated heterocycles. The highest BCUT2D eigenvalue weighted by Gasteiger charge is 2.54. The largest absolute Gasteiger partial charge is 0.497 e. The topological polar surface area (TPSA) is 74.3 Å². The van der Waals surface area contributed by atoms with E-state index in [1.54, 1.807) is 26.4 Å². The zero-order valence-electron chi connectivity index (χ0n) is 24.0. The lowest BCUT2D eigenvalue weighted by molar-refractivity contribution is -0.305. The number of hydrogen-bond acceptors (Lipinski definition) is 7. The number of esters is 1. The second-order valence-corrected chi connectivity index (χ2v) is 11.2. The zero-order valence-corrected chi connectivity index (χ0v) is 24.8. The maximum atomic E-state index is 13.1. The van der Waals surface area contributed by atoms with Gasteiger partial charge < -0.3 is 23.8 Å². The number of unbranched alkanes of at least 4 members (excludes halogenated alkanes) is 1. The summed E-state index contributed by atoms with van der Waals surface area (Å²) in [5.41, 5.74) is 1.94. The Kier molecular flexibility index (Phi) is 12.6. The predicted octanol–water partition coefficient (Wildman–Crippen LogP) is 6.99. The lowest BCUT2D eigenvalue weighted by Crippen LogP contribution is -2.60. The average molecular weight is 570 g/mol. The van der Waals surface area contributed by atoms with Crippen LogP contribution in [0.3, 0.4) is 0 Å². The summed E-state index contributed by atoms with van der Waals surface area (Å²) in [5.74, 6) is -0.169. The molecule has 0 saturated carbocycles. The van der Waals surface area contributed by atoms with Crippen molar-refractivity contribution in [2.75, 3.05) is 20.0 Å². The molecule has 1 aromatic carbocycles. The van der Waals surface area contributed by atoms with Crippen molar-refractivity contribution in [3.05, 3.63) is 78.9 Å². The normalized spacial score (nSPS) is 25.3. The molecule has 4 unspecified atom stereocenters. The molecule has 2 aliphatic heterocycles. The SMILES string of the molecule is C=CC=CCCC(C)=CC(=O)OC1CC(CCCC=C)OC(OC)(C2CSC(=O)N2Cc2ccc(OC)cc2)C1. The van der Waals surface area contributed by atoms with Gasteiger partial charge in [0.05, 0.1) is 19.3 Å². The molecule has 0 radical (unpaired) electrons. The van der Waals surface area contributed by atoms with Crippen LogP contribution in [0, 0.1) is 0 Å². The van der Waals surface area contributed by atoms with E-state index in [4.69, 9.17) is 18.9 Å². The minimum atomic E-state index is -1.10. The predicted molar refractivity (Wildman–Crippen MR) is 160 cm³/mol. The molecule has 2 fully saturated rings. The Hall–Kier alpha value is -2.81. The van der Waals surface area contributed by atoms with E-state index >= 15 is 0 Å². The van der Waals surface area contributed by atoms with Crippen LogP contribution in [-0.2, 0) is 25.5 Å². The summed E-state index contributed by atoms with van der Waals surface area (Å²) < 4.78 is 24.1. The Balaban J connectivity index is 1.79. The molecular formula is C32H43NO6S. The Labute approximate surface area is 243 Å². The molecule has 0 bridgehead atoms. The van der Waals surface area contributed by atoms with Crippen molar-refractivity contribution in [1.29, 1.82) is 0 Å². The maximum Gasteiger partial charge on any atom is 0.330 e. The summed E-state index contributed by atoms with van der Waals surface area (Å²) in [6.07, 6.45) is 13.6. The summed E-state index contributed by atoms with van der Waals surface area (Å²) in [6, 6.07) is 7.35. The highest BCUT2D eigenvalue weighted by atomic mass is 32.2. The fraction of sp³-hybridized carbons (Fsp3) is 0.500. The average Bonchev–Trinajstić information content (AvgIpc) is 3.31. The number of hydrogen-bond donors (Lipinski definition) is 0. The van der Waals surface area contributed by atoms with Gasteiger partial charge in [0.25, 0.3) is 5.24 Å². The monoisotopic (exact) mass is 569 g/mol. The van der Waals surface area contributed by atoms with Crippen molar-refractivity contribution in [2.45, 2.75) is 82.5 Å². The molecular weight excluding hydrogens is 526 g/mol. The number of carbonyl (C=O) groups is 2. The van der Waals surface area contributed by atoms with Crippen molar-refractivity contribution in [3.8, 4) is 5.75 Å². The first kappa shape index (κ1) is 31.7. The third kappa shape index (κ3) is 8.85. The molecule has 2 heterocycles. The van der Waals surface area contributed by atoms with E-state index in [0.717, 1.165) is 49.0 Å². The van der Waals surface area contributed by atoms with Crippen LogP contribution in [0.25, 0.3) is 0 Å². The number of benzene rings is 1. The smallest absolute Gasteiger partial charge is 0.330 e. The van der Waals surface area contributed by atoms with E-state index in [2.05, 4.69) is 13.2 Å². The van der Waals surface area contributed by atoms with E-state index in [0.29, 0.717) is 25.1 Å². The highest BCUT2D eigenvalue weighted by Crippen LogP contribution is 2.42. The first-order chi connectivity index (χ1) is 19.3. The van der Waals surface area contributed by atoms with Crippen LogP contribution >= 0.6 is 11.8 Å². The molecule has 4 atom stereocenters. The molecule has 0 spiro atoms. The van der Waals surface area contributed by atoms with Gasteiger partial charge in [-0.25, -0.2) is 4.79 Å². The lowest BCUT2D eigenvalue weighted by Gasteiger charge is -2.48. The second kappa shape index (κ2) is 15.8. The Morgan fingerprint density at radius 1 is 1.23 bits per heavy atom. The second-order valence-electron chi connectivity index (χ2n) is 10.2. The van der Waals surface area contributed by atoms with Crippen LogP contribution in [0.5, 0.6) is 5.75 Å². The molecule has 1 amide bonds. The van der Waals surface area contributed by atoms with Crippen molar-refractivity contribution >= 4 is 23.0 Å². The Bertz CT molecular complexity index is 1070. The number of rotatable bonds is 15. The molecule has 0 aromatic heterocycles. The third-order valence-electron chi connectivity index (χ3n) is 7.30. The van der Waals surface area contributed by atoms with E-state index in [9.17, 15) is 9.59 Å². The van der Waals surface area contributed by atoms with E-state index in [-0.39, 0.29) is 23.4 Å². The van der Waals surface area contributed by atoms with Crippen molar-refractivity contribution in [2.24, 2.45) is 0 Å². The molecule has 8 heteroatoms. The van der Waals surface area contributed by atoms with Gasteiger partial charge in [0, 0.05) is 38.3 Å². The number of allylic oxidation sites excluding steroid dienone is 5. The molecule has 7 nitrogen and oxygen atoms in total. The van der Waals surface area contributed by atoms with Crippen LogP contribution in [0.2, 0.25) is 0 Å². The van der Waals surface area contributed by atoms with E-state index in [1.807, 2.05) is 54.3 Å². The minimum Gasteiger partial charge on any atom is -0.497 e. The molecule has 218 valence electrons. The van der Waals surface area contributed by atoms with Gasteiger partial charge in [-0.3, -0.25) is 4.79 Å². The van der Waals surface area contributed by atoms with Crippen LogP contribution in [0.4, 0.5) is 4.79 Å². The van der Waals surface area contributed by atoms with E-state index in [1.165, 1.54) is 11.8 Å². The Morgan fingerprint density at radius 3 is 2.67 bits per heavy atom. The lowest BCUT2D eigenvalue weighted by atomic mass is 9.90. The minimum absolute atomic E-state index is 0.0211. The third-order valence-corrected chi connectivity index (χ3v) is 8.27. The number of thioether (sulfide) groups is 1. The molecule has 0 aliphatic carbocycles. The van der Waals surface area contributed by atoms with Crippen molar-refractivity contribution < 1.29 is 28.5 Å². The van der Waals surface area contributed by atoms with Gasteiger partial charge >= 0.3 is 5.97 Å². The summed E-state index contributed by atoms with van der Waals surface area (Å²) >= 11 is 1.27. The molecule has 40 heavy (non-hydrogen) atoms. The molecule has 2 aliphatic rings. The number of ether oxygens (including phenoxy) is 4. The van der Waals surface area contributed by atoms with Crippen molar-refractivity contribution in [3.63, 3.8) is 0 Å². The number of methoxy groups -OCH3 is 2. The van der Waals surface area contributed by atoms with Gasteiger partial charge in [-0.15, -0.1) is 6.58 Å². The van der Waals surface area contributed by atoms with Gasteiger partial charge in [-0.1, -0.05) is 60.4 Å². The number of carbonyl (C=O) groups excluding carboxylic acids is 2. The highest BCUT2D eigenvalue weighted by molar-refractivity contribution is 8.13. The van der Waals surface area contributed by atoms with Gasteiger partial charge in [-0.2, -0.15) is 0 Å². The quantitative estimate of drug-likeness (QED) is 0.0741. The summed E-state index contributed by atoms with van der Waals surface area (Å²) in [4.78, 5) is 27.8. The molecule has 0 N–H and O–H groups in total. The summed E-state index contributed by atoms with van der Waals surface area (Å²) in [5, 5.41) is -0.0211. The van der Waals surface area contributed by atoms with E-state index < -0.39 is 11.9 Å². The maximum absolute atomic E-state index is 13.1. The summed E-state index contributed by atoms with van der Waals surface area (Å²) in [6.45, 7) is 9.86. The zero-order chi connectivity index (χ0) is 29.0. The first-order valence-electron chi connectivity index (χ1n) is 13.9. The van der Waals surface area contributed by atoms with Crippen LogP contribution < -0.4 is 4.74 Å².